The number of hydrogen-bond donors (Lipinski definition) is 0. The fourth-order valence-electron chi connectivity index (χ4n) is 1.52. The van der Waals surface area contributed by atoms with Crippen LogP contribution in [0.2, 0.25) is 0 Å². The maximum atomic E-state index is 11.4. The number of rotatable bonds is 3. The van der Waals surface area contributed by atoms with Crippen molar-refractivity contribution >= 4 is 17.8 Å². The van der Waals surface area contributed by atoms with Crippen LogP contribution in [0.4, 0.5) is 0 Å². The first kappa shape index (κ1) is 12.2. The zero-order valence-corrected chi connectivity index (χ0v) is 9.27. The Kier molecular flexibility index (Phi) is 3.65. The Bertz CT molecular complexity index is 383. The third kappa shape index (κ3) is 2.21. The number of ether oxygens (including phenoxy) is 2. The molecule has 1 aliphatic rings. The van der Waals surface area contributed by atoms with E-state index in [-0.39, 0.29) is 12.0 Å². The molecule has 1 heterocycles. The minimum Gasteiger partial charge on any atom is -0.861 e. The van der Waals surface area contributed by atoms with E-state index in [4.69, 9.17) is 0 Å². The van der Waals surface area contributed by atoms with E-state index in [0.717, 1.165) is 0 Å². The smallest absolute Gasteiger partial charge is 0.336 e. The molecule has 1 aliphatic heterocycles. The van der Waals surface area contributed by atoms with Crippen LogP contribution in [0.1, 0.15) is 13.3 Å². The largest absolute Gasteiger partial charge is 0.861 e. The maximum absolute atomic E-state index is 11.4. The van der Waals surface area contributed by atoms with Gasteiger partial charge in [-0.25, -0.2) is 4.79 Å². The highest BCUT2D eigenvalue weighted by Crippen LogP contribution is 2.27. The van der Waals surface area contributed by atoms with E-state index in [2.05, 4.69) is 14.5 Å². The molecule has 0 bridgehead atoms. The van der Waals surface area contributed by atoms with Gasteiger partial charge in [0.15, 0.2) is 0 Å². The molecule has 0 amide bonds. The summed E-state index contributed by atoms with van der Waals surface area (Å²) in [6.45, 7) is 1.53. The van der Waals surface area contributed by atoms with Gasteiger partial charge in [-0.15, -0.1) is 0 Å². The summed E-state index contributed by atoms with van der Waals surface area (Å²) >= 11 is 0. The van der Waals surface area contributed by atoms with Gasteiger partial charge in [0.25, 0.3) is 0 Å². The molecule has 0 radical (unpaired) electrons. The summed E-state index contributed by atoms with van der Waals surface area (Å²) in [4.78, 5) is 26.1. The number of carbonyl (C=O) groups excluding carboxylic acids is 2. The normalized spacial score (nSPS) is 19.4. The lowest BCUT2D eigenvalue weighted by molar-refractivity contribution is -0.222. The molecule has 0 saturated heterocycles. The van der Waals surface area contributed by atoms with E-state index in [9.17, 15) is 14.7 Å². The molecular formula is C10H12NO5-. The van der Waals surface area contributed by atoms with Gasteiger partial charge >= 0.3 is 11.9 Å². The average Bonchev–Trinajstić information content (AvgIpc) is 2.53. The molecule has 0 aromatic heterocycles. The summed E-state index contributed by atoms with van der Waals surface area (Å²) in [5, 5.41) is 11.4. The van der Waals surface area contributed by atoms with E-state index in [1.54, 1.807) is 0 Å². The number of carbonyl (C=O) groups is 2. The lowest BCUT2D eigenvalue weighted by Gasteiger charge is -2.17. The summed E-state index contributed by atoms with van der Waals surface area (Å²) in [5.74, 6) is -2.59. The van der Waals surface area contributed by atoms with Crippen molar-refractivity contribution in [2.45, 2.75) is 13.3 Å². The Balaban J connectivity index is 2.93. The SMILES string of the molecule is COC(=O)C[C@@H]1C([O-])=NC(C)=C1C(=O)OC. The summed E-state index contributed by atoms with van der Waals surface area (Å²) in [7, 11) is 2.42. The zero-order valence-electron chi connectivity index (χ0n) is 9.27. The van der Waals surface area contributed by atoms with Gasteiger partial charge in [-0.3, -0.25) is 9.79 Å². The van der Waals surface area contributed by atoms with E-state index < -0.39 is 23.8 Å². The second kappa shape index (κ2) is 4.78. The van der Waals surface area contributed by atoms with Crippen LogP contribution in [0.15, 0.2) is 16.3 Å². The van der Waals surface area contributed by atoms with Gasteiger partial charge in [0.1, 0.15) is 0 Å². The first-order valence-corrected chi connectivity index (χ1v) is 4.62. The molecule has 1 rings (SSSR count). The van der Waals surface area contributed by atoms with Gasteiger partial charge in [-0.2, -0.15) is 0 Å². The summed E-state index contributed by atoms with van der Waals surface area (Å²) in [5.41, 5.74) is 0.434. The van der Waals surface area contributed by atoms with E-state index in [0.29, 0.717) is 5.70 Å². The summed E-state index contributed by atoms with van der Waals surface area (Å²) in [6, 6.07) is 0. The molecular weight excluding hydrogens is 214 g/mol. The zero-order chi connectivity index (χ0) is 12.3. The fourth-order valence-corrected chi connectivity index (χ4v) is 1.52. The summed E-state index contributed by atoms with van der Waals surface area (Å²) < 4.78 is 8.99. The molecule has 0 N–H and O–H groups in total. The first-order valence-electron chi connectivity index (χ1n) is 4.62. The highest BCUT2D eigenvalue weighted by Gasteiger charge is 2.31. The van der Waals surface area contributed by atoms with Crippen molar-refractivity contribution in [3.63, 3.8) is 0 Å². The van der Waals surface area contributed by atoms with Crippen LogP contribution in [0.5, 0.6) is 0 Å². The van der Waals surface area contributed by atoms with Crippen LogP contribution >= 0.6 is 0 Å². The molecule has 0 spiro atoms. The number of allylic oxidation sites excluding steroid dienone is 1. The monoisotopic (exact) mass is 226 g/mol. The number of aliphatic imine (C=N–C) groups is 1. The molecule has 6 heteroatoms. The van der Waals surface area contributed by atoms with Crippen LogP contribution < -0.4 is 5.11 Å². The third-order valence-electron chi connectivity index (χ3n) is 2.32. The molecule has 0 fully saturated rings. The molecule has 16 heavy (non-hydrogen) atoms. The number of esters is 2. The molecule has 0 aromatic rings. The lowest BCUT2D eigenvalue weighted by atomic mass is 9.96. The van der Waals surface area contributed by atoms with Crippen molar-refractivity contribution in [2.75, 3.05) is 14.2 Å². The van der Waals surface area contributed by atoms with E-state index in [1.165, 1.54) is 21.1 Å². The van der Waals surface area contributed by atoms with Crippen LogP contribution in [0.25, 0.3) is 0 Å². The van der Waals surface area contributed by atoms with Gasteiger partial charge < -0.3 is 14.6 Å². The molecule has 6 nitrogen and oxygen atoms in total. The van der Waals surface area contributed by atoms with Gasteiger partial charge in [-0.1, -0.05) is 0 Å². The average molecular weight is 226 g/mol. The van der Waals surface area contributed by atoms with Crippen molar-refractivity contribution in [2.24, 2.45) is 10.9 Å². The van der Waals surface area contributed by atoms with Crippen molar-refractivity contribution in [3.8, 4) is 0 Å². The minimum atomic E-state index is -0.875. The minimum absolute atomic E-state index is 0.137. The number of methoxy groups -OCH3 is 2. The third-order valence-corrected chi connectivity index (χ3v) is 2.32. The van der Waals surface area contributed by atoms with Crippen molar-refractivity contribution in [1.82, 2.24) is 0 Å². The number of nitrogens with zero attached hydrogens (tertiary/aromatic N) is 1. The predicted molar refractivity (Wildman–Crippen MR) is 52.3 cm³/mol. The molecule has 1 atom stereocenters. The standard InChI is InChI=1S/C10H13NO5/c1-5-8(10(14)16-3)6(9(13)11-5)4-7(12)15-2/h6H,4H2,1-3H3,(H,11,13)/p-1/t6-/m0/s1. The highest BCUT2D eigenvalue weighted by atomic mass is 16.5. The first-order chi connectivity index (χ1) is 7.51. The second-order valence-electron chi connectivity index (χ2n) is 3.27. The highest BCUT2D eigenvalue weighted by molar-refractivity contribution is 6.01. The van der Waals surface area contributed by atoms with Gasteiger partial charge in [-0.05, 0) is 12.8 Å². The molecule has 0 aromatic carbocycles. The molecule has 0 aliphatic carbocycles. The van der Waals surface area contributed by atoms with Crippen molar-refractivity contribution in [3.05, 3.63) is 11.3 Å². The quantitative estimate of drug-likeness (QED) is 0.599. The molecule has 0 saturated carbocycles. The van der Waals surface area contributed by atoms with Crippen molar-refractivity contribution in [1.29, 1.82) is 0 Å². The molecule has 0 unspecified atom stereocenters. The maximum Gasteiger partial charge on any atom is 0.336 e. The second-order valence-corrected chi connectivity index (χ2v) is 3.27. The summed E-state index contributed by atoms with van der Waals surface area (Å²) in [6.07, 6.45) is -0.194. The topological polar surface area (TPSA) is 88.0 Å². The predicted octanol–water partition coefficient (Wildman–Crippen LogP) is -0.615. The fraction of sp³-hybridized carbons (Fsp3) is 0.500. The Morgan fingerprint density at radius 1 is 1.38 bits per heavy atom. The lowest BCUT2D eigenvalue weighted by Crippen LogP contribution is -2.30. The van der Waals surface area contributed by atoms with Gasteiger partial charge in [0, 0.05) is 11.6 Å². The van der Waals surface area contributed by atoms with Crippen LogP contribution in [0, 0.1) is 5.92 Å². The van der Waals surface area contributed by atoms with Gasteiger partial charge in [0.05, 0.1) is 26.2 Å². The van der Waals surface area contributed by atoms with Gasteiger partial charge in [0.2, 0.25) is 0 Å². The van der Waals surface area contributed by atoms with E-state index >= 15 is 0 Å². The van der Waals surface area contributed by atoms with Crippen LogP contribution in [-0.2, 0) is 19.1 Å². The van der Waals surface area contributed by atoms with Crippen molar-refractivity contribution < 1.29 is 24.2 Å². The van der Waals surface area contributed by atoms with Crippen LogP contribution in [-0.4, -0.2) is 32.1 Å². The number of hydrogen-bond acceptors (Lipinski definition) is 6. The van der Waals surface area contributed by atoms with E-state index in [1.807, 2.05) is 0 Å². The Morgan fingerprint density at radius 3 is 2.50 bits per heavy atom. The Morgan fingerprint density at radius 2 is 2.00 bits per heavy atom. The molecule has 88 valence electrons. The Labute approximate surface area is 92.6 Å². The van der Waals surface area contributed by atoms with Crippen LogP contribution in [0.3, 0.4) is 0 Å². The Hall–Kier alpha value is -1.85.